The van der Waals surface area contributed by atoms with Gasteiger partial charge in [-0.15, -0.1) is 0 Å². The predicted molar refractivity (Wildman–Crippen MR) is 63.9 cm³/mol. The first-order chi connectivity index (χ1) is 7.17. The molecule has 0 radical (unpaired) electrons. The van der Waals surface area contributed by atoms with Crippen LogP contribution in [0.3, 0.4) is 0 Å². The molecule has 0 saturated carbocycles. The van der Waals surface area contributed by atoms with Crippen molar-refractivity contribution in [2.24, 2.45) is 17.6 Å². The van der Waals surface area contributed by atoms with Gasteiger partial charge >= 0.3 is 0 Å². The Balaban J connectivity index is 2.36. The number of morpholine rings is 1. The van der Waals surface area contributed by atoms with Gasteiger partial charge in [-0.1, -0.05) is 20.8 Å². The van der Waals surface area contributed by atoms with Gasteiger partial charge in [-0.2, -0.15) is 0 Å². The quantitative estimate of drug-likeness (QED) is 0.750. The second kappa shape index (κ2) is 6.46. The van der Waals surface area contributed by atoms with Crippen LogP contribution in [0.25, 0.3) is 0 Å². The van der Waals surface area contributed by atoms with Crippen molar-refractivity contribution in [3.05, 3.63) is 0 Å². The third-order valence-electron chi connectivity index (χ3n) is 3.42. The van der Waals surface area contributed by atoms with E-state index in [1.807, 2.05) is 0 Å². The Morgan fingerprint density at radius 3 is 2.73 bits per heavy atom. The molecule has 3 nitrogen and oxygen atoms in total. The molecule has 0 aromatic carbocycles. The molecule has 2 unspecified atom stereocenters. The molecule has 0 aromatic heterocycles. The molecule has 15 heavy (non-hydrogen) atoms. The minimum absolute atomic E-state index is 0.435. The summed E-state index contributed by atoms with van der Waals surface area (Å²) in [7, 11) is 0. The zero-order valence-electron chi connectivity index (χ0n) is 10.4. The Labute approximate surface area is 94.0 Å². The molecule has 0 bridgehead atoms. The van der Waals surface area contributed by atoms with Gasteiger partial charge in [-0.3, -0.25) is 4.90 Å². The van der Waals surface area contributed by atoms with E-state index in [2.05, 4.69) is 25.7 Å². The molecule has 0 amide bonds. The van der Waals surface area contributed by atoms with Crippen molar-refractivity contribution in [1.29, 1.82) is 0 Å². The fraction of sp³-hybridized carbons (Fsp3) is 1.00. The van der Waals surface area contributed by atoms with Crippen LogP contribution in [0.15, 0.2) is 0 Å². The molecule has 2 atom stereocenters. The van der Waals surface area contributed by atoms with Crippen molar-refractivity contribution in [2.45, 2.75) is 33.3 Å². The normalized spacial score (nSPS) is 25.8. The topological polar surface area (TPSA) is 38.5 Å². The number of rotatable bonds is 5. The van der Waals surface area contributed by atoms with E-state index in [4.69, 9.17) is 10.5 Å². The summed E-state index contributed by atoms with van der Waals surface area (Å²) in [4.78, 5) is 2.51. The van der Waals surface area contributed by atoms with Crippen LogP contribution in [-0.4, -0.2) is 43.8 Å². The van der Waals surface area contributed by atoms with Crippen molar-refractivity contribution < 1.29 is 4.74 Å². The lowest BCUT2D eigenvalue weighted by Gasteiger charge is -2.35. The first-order valence-corrected chi connectivity index (χ1v) is 6.21. The summed E-state index contributed by atoms with van der Waals surface area (Å²) in [6, 6.07) is 0. The maximum atomic E-state index is 5.80. The molecular weight excluding hydrogens is 188 g/mol. The summed E-state index contributed by atoms with van der Waals surface area (Å²) in [6.45, 7) is 11.7. The Hall–Kier alpha value is -0.120. The SMILES string of the molecule is CCC1CN(CC(CN)C(C)C)CCO1. The van der Waals surface area contributed by atoms with Crippen molar-refractivity contribution in [2.75, 3.05) is 32.8 Å². The summed E-state index contributed by atoms with van der Waals surface area (Å²) >= 11 is 0. The lowest BCUT2D eigenvalue weighted by Crippen LogP contribution is -2.46. The predicted octanol–water partition coefficient (Wildman–Crippen LogP) is 1.33. The Morgan fingerprint density at radius 2 is 2.20 bits per heavy atom. The lowest BCUT2D eigenvalue weighted by molar-refractivity contribution is -0.0355. The van der Waals surface area contributed by atoms with Gasteiger partial charge in [0.25, 0.3) is 0 Å². The zero-order valence-corrected chi connectivity index (χ0v) is 10.4. The molecule has 1 heterocycles. The summed E-state index contributed by atoms with van der Waals surface area (Å²) in [6.07, 6.45) is 1.55. The standard InChI is InChI=1S/C12H26N2O/c1-4-12-9-14(5-6-15-12)8-11(7-13)10(2)3/h10-12H,4-9,13H2,1-3H3. The molecule has 1 rings (SSSR count). The highest BCUT2D eigenvalue weighted by atomic mass is 16.5. The zero-order chi connectivity index (χ0) is 11.3. The highest BCUT2D eigenvalue weighted by Crippen LogP contribution is 2.14. The lowest BCUT2D eigenvalue weighted by atomic mass is 9.95. The van der Waals surface area contributed by atoms with Gasteiger partial charge in [0.2, 0.25) is 0 Å². The molecule has 1 aliphatic rings. The summed E-state index contributed by atoms with van der Waals surface area (Å²) in [5, 5.41) is 0. The van der Waals surface area contributed by atoms with Gasteiger partial charge in [-0.05, 0) is 24.8 Å². The molecule has 1 aliphatic heterocycles. The first-order valence-electron chi connectivity index (χ1n) is 6.21. The summed E-state index contributed by atoms with van der Waals surface area (Å²) in [5.41, 5.74) is 5.80. The number of nitrogens with zero attached hydrogens (tertiary/aromatic N) is 1. The van der Waals surface area contributed by atoms with E-state index in [0.29, 0.717) is 17.9 Å². The molecule has 0 spiro atoms. The summed E-state index contributed by atoms with van der Waals surface area (Å²) in [5.74, 6) is 1.30. The van der Waals surface area contributed by atoms with E-state index in [9.17, 15) is 0 Å². The van der Waals surface area contributed by atoms with Crippen LogP contribution in [0.1, 0.15) is 27.2 Å². The van der Waals surface area contributed by atoms with Crippen molar-refractivity contribution in [1.82, 2.24) is 4.90 Å². The van der Waals surface area contributed by atoms with Crippen LogP contribution in [0.5, 0.6) is 0 Å². The molecule has 0 aromatic rings. The number of nitrogens with two attached hydrogens (primary N) is 1. The minimum Gasteiger partial charge on any atom is -0.376 e. The summed E-state index contributed by atoms with van der Waals surface area (Å²) < 4.78 is 5.66. The molecule has 2 N–H and O–H groups in total. The molecule has 90 valence electrons. The van der Waals surface area contributed by atoms with Crippen molar-refractivity contribution >= 4 is 0 Å². The minimum atomic E-state index is 0.435. The highest BCUT2D eigenvalue weighted by molar-refractivity contribution is 4.75. The second-order valence-electron chi connectivity index (χ2n) is 4.90. The van der Waals surface area contributed by atoms with Gasteiger partial charge in [0.15, 0.2) is 0 Å². The first kappa shape index (κ1) is 12.9. The average molecular weight is 214 g/mol. The van der Waals surface area contributed by atoms with Crippen LogP contribution in [0, 0.1) is 11.8 Å². The van der Waals surface area contributed by atoms with Gasteiger partial charge in [0, 0.05) is 19.6 Å². The van der Waals surface area contributed by atoms with Gasteiger partial charge < -0.3 is 10.5 Å². The third kappa shape index (κ3) is 4.09. The molecule has 0 aliphatic carbocycles. The average Bonchev–Trinajstić information content (AvgIpc) is 2.25. The smallest absolute Gasteiger partial charge is 0.0700 e. The second-order valence-corrected chi connectivity index (χ2v) is 4.90. The fourth-order valence-corrected chi connectivity index (χ4v) is 2.08. The van der Waals surface area contributed by atoms with Gasteiger partial charge in [0.1, 0.15) is 0 Å². The third-order valence-corrected chi connectivity index (χ3v) is 3.42. The van der Waals surface area contributed by atoms with Crippen LogP contribution >= 0.6 is 0 Å². The largest absolute Gasteiger partial charge is 0.376 e. The van der Waals surface area contributed by atoms with Crippen LogP contribution < -0.4 is 5.73 Å². The van der Waals surface area contributed by atoms with Gasteiger partial charge in [0.05, 0.1) is 12.7 Å². The maximum absolute atomic E-state index is 5.80. The Bertz CT molecular complexity index is 173. The van der Waals surface area contributed by atoms with Crippen molar-refractivity contribution in [3.63, 3.8) is 0 Å². The number of ether oxygens (including phenoxy) is 1. The van der Waals surface area contributed by atoms with E-state index in [0.717, 1.165) is 39.2 Å². The van der Waals surface area contributed by atoms with E-state index in [1.54, 1.807) is 0 Å². The highest BCUT2D eigenvalue weighted by Gasteiger charge is 2.22. The number of hydrogen-bond acceptors (Lipinski definition) is 3. The van der Waals surface area contributed by atoms with Gasteiger partial charge in [-0.25, -0.2) is 0 Å². The maximum Gasteiger partial charge on any atom is 0.0700 e. The van der Waals surface area contributed by atoms with Crippen LogP contribution in [0.4, 0.5) is 0 Å². The molecule has 3 heteroatoms. The van der Waals surface area contributed by atoms with E-state index in [-0.39, 0.29) is 0 Å². The van der Waals surface area contributed by atoms with Crippen LogP contribution in [-0.2, 0) is 4.74 Å². The number of hydrogen-bond donors (Lipinski definition) is 1. The Kier molecular flexibility index (Phi) is 5.58. The van der Waals surface area contributed by atoms with E-state index in [1.165, 1.54) is 0 Å². The fourth-order valence-electron chi connectivity index (χ4n) is 2.08. The Morgan fingerprint density at radius 1 is 1.47 bits per heavy atom. The molecular formula is C12H26N2O. The van der Waals surface area contributed by atoms with E-state index >= 15 is 0 Å². The molecule has 1 fully saturated rings. The van der Waals surface area contributed by atoms with Crippen molar-refractivity contribution in [3.8, 4) is 0 Å². The molecule has 1 saturated heterocycles. The van der Waals surface area contributed by atoms with E-state index < -0.39 is 0 Å². The monoisotopic (exact) mass is 214 g/mol. The van der Waals surface area contributed by atoms with Crippen LogP contribution in [0.2, 0.25) is 0 Å².